The third kappa shape index (κ3) is 43.2. The van der Waals surface area contributed by atoms with Crippen molar-refractivity contribution in [2.24, 2.45) is 0 Å². The van der Waals surface area contributed by atoms with Crippen molar-refractivity contribution in [2.75, 3.05) is 13.2 Å². The van der Waals surface area contributed by atoms with Crippen LogP contribution < -0.4 is 34.7 Å². The first-order chi connectivity index (χ1) is 5.86. The summed E-state index contributed by atoms with van der Waals surface area (Å²) in [6.07, 6.45) is -2.08. The Morgan fingerprint density at radius 3 is 1.36 bits per heavy atom. The molecular formula is C5H7NaO8. The van der Waals surface area contributed by atoms with E-state index in [9.17, 15) is 9.59 Å². The van der Waals surface area contributed by atoms with Gasteiger partial charge in [-0.25, -0.2) is 9.59 Å². The molecular weight excluding hydrogens is 211 g/mol. The Kier molecular flexibility index (Phi) is 16.4. The molecule has 3 N–H and O–H groups in total. The van der Waals surface area contributed by atoms with E-state index in [0.717, 1.165) is 0 Å². The molecule has 0 aromatic rings. The number of hydrogen-bond acceptors (Lipinski definition) is 5. The van der Waals surface area contributed by atoms with Crippen LogP contribution in [-0.4, -0.2) is 46.6 Å². The maximum atomic E-state index is 9.66. The Labute approximate surface area is 100 Å². The second-order valence-electron chi connectivity index (χ2n) is 1.55. The normalized spacial score (nSPS) is 7.43. The van der Waals surface area contributed by atoms with Crippen LogP contribution in [0.2, 0.25) is 0 Å². The molecule has 0 heterocycles. The molecule has 0 rings (SSSR count). The van der Waals surface area contributed by atoms with Crippen molar-refractivity contribution in [1.82, 2.24) is 0 Å². The summed E-state index contributed by atoms with van der Waals surface area (Å²) in [7, 11) is 0. The van der Waals surface area contributed by atoms with Crippen LogP contribution in [0, 0.1) is 0 Å². The molecule has 8 nitrogen and oxygen atoms in total. The number of rotatable bonds is 4. The van der Waals surface area contributed by atoms with Crippen LogP contribution >= 0.6 is 0 Å². The maximum Gasteiger partial charge on any atom is 1.00 e. The standard InChI is InChI=1S/C4H6O5.CH2O3.Na/c5-3(6)1-9-2-4(7)8;2-1(3)4;/h1-2H2,(H,5,6)(H,7,8);(H2,2,3,4);/q;;+1/p-1. The van der Waals surface area contributed by atoms with Crippen LogP contribution in [0.5, 0.6) is 0 Å². The molecule has 0 unspecified atom stereocenters. The third-order valence-electron chi connectivity index (χ3n) is 0.451. The predicted molar refractivity (Wildman–Crippen MR) is 34.1 cm³/mol. The van der Waals surface area contributed by atoms with Gasteiger partial charge in [0.05, 0.1) is 0 Å². The van der Waals surface area contributed by atoms with E-state index in [2.05, 4.69) is 4.74 Å². The number of ether oxygens (including phenoxy) is 1. The van der Waals surface area contributed by atoms with Crippen molar-refractivity contribution in [3.63, 3.8) is 0 Å². The molecule has 14 heavy (non-hydrogen) atoms. The molecule has 0 radical (unpaired) electrons. The Morgan fingerprint density at radius 1 is 1.00 bits per heavy atom. The molecule has 0 spiro atoms. The zero-order valence-corrected chi connectivity index (χ0v) is 9.30. The van der Waals surface area contributed by atoms with E-state index in [-0.39, 0.29) is 29.6 Å². The van der Waals surface area contributed by atoms with E-state index in [1.165, 1.54) is 0 Å². The van der Waals surface area contributed by atoms with Crippen LogP contribution in [0.15, 0.2) is 0 Å². The minimum Gasteiger partial charge on any atom is -0.565 e. The minimum absolute atomic E-state index is 0. The summed E-state index contributed by atoms with van der Waals surface area (Å²) < 4.78 is 4.16. The van der Waals surface area contributed by atoms with E-state index in [1.54, 1.807) is 0 Å². The number of aliphatic carboxylic acids is 2. The monoisotopic (exact) mass is 218 g/mol. The van der Waals surface area contributed by atoms with Gasteiger partial charge in [-0.3, -0.25) is 0 Å². The SMILES string of the molecule is O=C(O)COCC(=O)O.O=C([O-])O.[Na+]. The first-order valence-corrected chi connectivity index (χ1v) is 2.77. The fourth-order valence-corrected chi connectivity index (χ4v) is 0.226. The largest absolute Gasteiger partial charge is 1.00 e. The van der Waals surface area contributed by atoms with E-state index in [1.807, 2.05) is 0 Å². The van der Waals surface area contributed by atoms with Gasteiger partial charge in [-0.2, -0.15) is 0 Å². The van der Waals surface area contributed by atoms with E-state index < -0.39 is 31.3 Å². The van der Waals surface area contributed by atoms with Gasteiger partial charge in [0, 0.05) is 0 Å². The van der Waals surface area contributed by atoms with Gasteiger partial charge in [0.1, 0.15) is 13.2 Å². The van der Waals surface area contributed by atoms with Gasteiger partial charge >= 0.3 is 41.5 Å². The van der Waals surface area contributed by atoms with Gasteiger partial charge in [-0.05, 0) is 0 Å². The van der Waals surface area contributed by atoms with E-state index >= 15 is 0 Å². The summed E-state index contributed by atoms with van der Waals surface area (Å²) in [4.78, 5) is 27.8. The van der Waals surface area contributed by atoms with Crippen LogP contribution in [0.1, 0.15) is 0 Å². The molecule has 76 valence electrons. The summed E-state index contributed by atoms with van der Waals surface area (Å²) in [5.74, 6) is -2.34. The minimum atomic E-state index is -2.08. The Morgan fingerprint density at radius 2 is 1.21 bits per heavy atom. The fourth-order valence-electron chi connectivity index (χ4n) is 0.226. The molecule has 0 aliphatic carbocycles. The fraction of sp³-hybridized carbons (Fsp3) is 0.400. The van der Waals surface area contributed by atoms with Crippen molar-refractivity contribution in [3.05, 3.63) is 0 Å². The molecule has 0 bridgehead atoms. The summed E-state index contributed by atoms with van der Waals surface area (Å²) in [5, 5.41) is 31.1. The van der Waals surface area contributed by atoms with Gasteiger partial charge in [-0.1, -0.05) is 0 Å². The molecule has 0 saturated heterocycles. The van der Waals surface area contributed by atoms with Crippen LogP contribution in [0.25, 0.3) is 0 Å². The summed E-state index contributed by atoms with van der Waals surface area (Å²) in [5.41, 5.74) is 0. The van der Waals surface area contributed by atoms with Crippen molar-refractivity contribution < 1.29 is 69.1 Å². The van der Waals surface area contributed by atoms with Gasteiger partial charge in [0.2, 0.25) is 6.16 Å². The second kappa shape index (κ2) is 12.2. The Bertz CT molecular complexity index is 172. The maximum absolute atomic E-state index is 9.66. The van der Waals surface area contributed by atoms with E-state index in [0.29, 0.717) is 0 Å². The molecule has 0 aliphatic heterocycles. The van der Waals surface area contributed by atoms with E-state index in [4.69, 9.17) is 25.2 Å². The number of carboxylic acid groups (broad SMARTS) is 4. The third-order valence-corrected chi connectivity index (χ3v) is 0.451. The number of carbonyl (C=O) groups is 3. The van der Waals surface area contributed by atoms with Crippen LogP contribution in [-0.2, 0) is 14.3 Å². The first-order valence-electron chi connectivity index (χ1n) is 2.77. The molecule has 0 fully saturated rings. The molecule has 9 heteroatoms. The average Bonchev–Trinajstić information content (AvgIpc) is 1.83. The van der Waals surface area contributed by atoms with Crippen molar-refractivity contribution in [3.8, 4) is 0 Å². The second-order valence-corrected chi connectivity index (χ2v) is 1.55. The van der Waals surface area contributed by atoms with Crippen molar-refractivity contribution in [2.45, 2.75) is 0 Å². The van der Waals surface area contributed by atoms with Gasteiger partial charge in [-0.15, -0.1) is 0 Å². The quantitative estimate of drug-likeness (QED) is 0.398. The molecule has 0 aliphatic rings. The van der Waals surface area contributed by atoms with Crippen LogP contribution in [0.4, 0.5) is 4.79 Å². The summed E-state index contributed by atoms with van der Waals surface area (Å²) in [6, 6.07) is 0. The van der Waals surface area contributed by atoms with Gasteiger partial charge < -0.3 is 30.0 Å². The average molecular weight is 218 g/mol. The summed E-state index contributed by atoms with van der Waals surface area (Å²) >= 11 is 0. The van der Waals surface area contributed by atoms with Gasteiger partial charge in [0.15, 0.2) is 0 Å². The number of hydrogen-bond donors (Lipinski definition) is 3. The molecule has 0 atom stereocenters. The smallest absolute Gasteiger partial charge is 0.565 e. The van der Waals surface area contributed by atoms with Crippen molar-refractivity contribution in [1.29, 1.82) is 0 Å². The molecule has 0 aromatic carbocycles. The molecule has 0 amide bonds. The first kappa shape index (κ1) is 18.9. The Balaban J connectivity index is -0.000000209. The molecule has 0 aromatic heterocycles. The van der Waals surface area contributed by atoms with Gasteiger partial charge in [0.25, 0.3) is 0 Å². The van der Waals surface area contributed by atoms with Crippen LogP contribution in [0.3, 0.4) is 0 Å². The zero-order valence-electron chi connectivity index (χ0n) is 7.30. The topological polar surface area (TPSA) is 144 Å². The van der Waals surface area contributed by atoms with Crippen molar-refractivity contribution >= 4 is 18.1 Å². The number of carboxylic acids is 2. The predicted octanol–water partition coefficient (Wildman–Crippen LogP) is -4.94. The Hall–Kier alpha value is -0.830. The molecule has 0 saturated carbocycles. The summed E-state index contributed by atoms with van der Waals surface area (Å²) in [6.45, 7) is -1.13. The zero-order chi connectivity index (χ0) is 10.9.